The van der Waals surface area contributed by atoms with Gasteiger partial charge in [0, 0.05) is 13.0 Å². The van der Waals surface area contributed by atoms with E-state index in [4.69, 9.17) is 0 Å². The maximum atomic E-state index is 4.49. The molecule has 0 aliphatic carbocycles. The zero-order chi connectivity index (χ0) is 11.9. The summed E-state index contributed by atoms with van der Waals surface area (Å²) in [5, 5.41) is 4.40. The Morgan fingerprint density at radius 3 is 2.82 bits per heavy atom. The molecule has 0 saturated carbocycles. The molecule has 1 aromatic carbocycles. The molecule has 0 unspecified atom stereocenters. The molecular formula is C14H19N3. The Balaban J connectivity index is 1.98. The Morgan fingerprint density at radius 1 is 1.18 bits per heavy atom. The topological polar surface area (TPSA) is 36.8 Å². The number of rotatable bonds is 2. The second-order valence-electron chi connectivity index (χ2n) is 4.31. The van der Waals surface area contributed by atoms with E-state index in [1.54, 1.807) is 0 Å². The van der Waals surface area contributed by atoms with Crippen LogP contribution in [0.3, 0.4) is 0 Å². The van der Waals surface area contributed by atoms with E-state index in [9.17, 15) is 0 Å². The van der Waals surface area contributed by atoms with Crippen LogP contribution < -0.4 is 5.43 Å². The number of hydrazone groups is 1. The van der Waals surface area contributed by atoms with Crippen molar-refractivity contribution in [1.29, 1.82) is 0 Å². The van der Waals surface area contributed by atoms with Crippen LogP contribution in [0.2, 0.25) is 0 Å². The van der Waals surface area contributed by atoms with Crippen molar-refractivity contribution in [3.8, 4) is 0 Å². The highest BCUT2D eigenvalue weighted by Gasteiger charge is 2.03. The molecule has 0 bridgehead atoms. The number of amidine groups is 1. The summed E-state index contributed by atoms with van der Waals surface area (Å²) in [7, 11) is 0. The Bertz CT molecular complexity index is 407. The van der Waals surface area contributed by atoms with Gasteiger partial charge in [0.2, 0.25) is 0 Å². The smallest absolute Gasteiger partial charge is 0.117 e. The third kappa shape index (κ3) is 3.70. The standard InChI is InChI=1S/C14H19N3/c1-12(13-8-4-2-5-9-13)16-17-14-10-6-3-7-11-15-14/h2,4-5,8-9H,3,6-7,10-11H2,1H3,(H,15,17)/b16-12-. The van der Waals surface area contributed by atoms with E-state index in [1.165, 1.54) is 19.3 Å². The Hall–Kier alpha value is -1.64. The van der Waals surface area contributed by atoms with Gasteiger partial charge in [-0.05, 0) is 25.3 Å². The molecular weight excluding hydrogens is 210 g/mol. The fraction of sp³-hybridized carbons (Fsp3) is 0.429. The summed E-state index contributed by atoms with van der Waals surface area (Å²) in [6.45, 7) is 2.95. The quantitative estimate of drug-likeness (QED) is 0.614. The monoisotopic (exact) mass is 229 g/mol. The van der Waals surface area contributed by atoms with Gasteiger partial charge in [-0.15, -0.1) is 0 Å². The molecule has 3 nitrogen and oxygen atoms in total. The van der Waals surface area contributed by atoms with Crippen molar-refractivity contribution in [2.75, 3.05) is 6.54 Å². The number of nitrogens with zero attached hydrogens (tertiary/aromatic N) is 2. The van der Waals surface area contributed by atoms with E-state index in [2.05, 4.69) is 27.7 Å². The molecule has 1 aliphatic heterocycles. The lowest BCUT2D eigenvalue weighted by Gasteiger charge is -2.05. The molecule has 0 radical (unpaired) electrons. The van der Waals surface area contributed by atoms with Gasteiger partial charge in [-0.1, -0.05) is 36.8 Å². The Kier molecular flexibility index (Phi) is 4.30. The summed E-state index contributed by atoms with van der Waals surface area (Å²) in [5.41, 5.74) is 5.24. The first kappa shape index (κ1) is 11.8. The van der Waals surface area contributed by atoms with Crippen molar-refractivity contribution in [2.24, 2.45) is 10.1 Å². The Labute approximate surface area is 103 Å². The normalized spacial score (nSPS) is 17.2. The van der Waals surface area contributed by atoms with Gasteiger partial charge < -0.3 is 0 Å². The summed E-state index contributed by atoms with van der Waals surface area (Å²) < 4.78 is 0. The minimum Gasteiger partial charge on any atom is -0.271 e. The van der Waals surface area contributed by atoms with Gasteiger partial charge in [-0.2, -0.15) is 5.10 Å². The highest BCUT2D eigenvalue weighted by molar-refractivity contribution is 5.99. The summed E-state index contributed by atoms with van der Waals surface area (Å²) in [4.78, 5) is 4.49. The highest BCUT2D eigenvalue weighted by atomic mass is 15.3. The van der Waals surface area contributed by atoms with E-state index in [0.29, 0.717) is 0 Å². The van der Waals surface area contributed by atoms with Crippen LogP contribution in [0.4, 0.5) is 0 Å². The molecule has 1 aliphatic rings. The van der Waals surface area contributed by atoms with E-state index in [0.717, 1.165) is 30.1 Å². The molecule has 1 aromatic rings. The zero-order valence-electron chi connectivity index (χ0n) is 10.3. The molecule has 1 heterocycles. The van der Waals surface area contributed by atoms with Crippen molar-refractivity contribution in [2.45, 2.75) is 32.6 Å². The first-order valence-electron chi connectivity index (χ1n) is 6.25. The van der Waals surface area contributed by atoms with Crippen LogP contribution in [-0.2, 0) is 0 Å². The second-order valence-corrected chi connectivity index (χ2v) is 4.31. The molecule has 1 N–H and O–H groups in total. The molecule has 3 heteroatoms. The maximum absolute atomic E-state index is 4.49. The van der Waals surface area contributed by atoms with E-state index < -0.39 is 0 Å². The summed E-state index contributed by atoms with van der Waals surface area (Å²) in [6, 6.07) is 10.2. The molecule has 0 saturated heterocycles. The minimum atomic E-state index is 0.933. The van der Waals surface area contributed by atoms with Gasteiger partial charge in [-0.25, -0.2) is 0 Å². The zero-order valence-corrected chi connectivity index (χ0v) is 10.3. The predicted molar refractivity (Wildman–Crippen MR) is 72.6 cm³/mol. The molecule has 0 fully saturated rings. The van der Waals surface area contributed by atoms with Crippen molar-refractivity contribution in [3.63, 3.8) is 0 Å². The van der Waals surface area contributed by atoms with Crippen LogP contribution >= 0.6 is 0 Å². The van der Waals surface area contributed by atoms with Crippen LogP contribution in [0.5, 0.6) is 0 Å². The van der Waals surface area contributed by atoms with Gasteiger partial charge in [0.1, 0.15) is 5.84 Å². The number of benzene rings is 1. The predicted octanol–water partition coefficient (Wildman–Crippen LogP) is 2.97. The van der Waals surface area contributed by atoms with Crippen molar-refractivity contribution in [3.05, 3.63) is 35.9 Å². The fourth-order valence-corrected chi connectivity index (χ4v) is 1.86. The molecule has 0 amide bonds. The van der Waals surface area contributed by atoms with Gasteiger partial charge in [0.15, 0.2) is 0 Å². The number of nitrogens with one attached hydrogen (secondary N) is 1. The molecule has 17 heavy (non-hydrogen) atoms. The number of hydrogen-bond donors (Lipinski definition) is 1. The van der Waals surface area contributed by atoms with Crippen molar-refractivity contribution >= 4 is 11.5 Å². The summed E-state index contributed by atoms with van der Waals surface area (Å²) in [5.74, 6) is 1.03. The lowest BCUT2D eigenvalue weighted by Crippen LogP contribution is -2.19. The lowest BCUT2D eigenvalue weighted by molar-refractivity contribution is 0.729. The van der Waals surface area contributed by atoms with Crippen LogP contribution in [0.1, 0.15) is 38.2 Å². The minimum absolute atomic E-state index is 0.933. The third-order valence-corrected chi connectivity index (χ3v) is 2.92. The highest BCUT2D eigenvalue weighted by Crippen LogP contribution is 2.06. The lowest BCUT2D eigenvalue weighted by atomic mass is 10.1. The average Bonchev–Trinajstić information content (AvgIpc) is 2.65. The second kappa shape index (κ2) is 6.18. The average molecular weight is 229 g/mol. The molecule has 2 rings (SSSR count). The van der Waals surface area contributed by atoms with Crippen molar-refractivity contribution in [1.82, 2.24) is 5.43 Å². The van der Waals surface area contributed by atoms with Gasteiger partial charge in [-0.3, -0.25) is 10.4 Å². The van der Waals surface area contributed by atoms with E-state index in [1.807, 2.05) is 25.1 Å². The van der Waals surface area contributed by atoms with Gasteiger partial charge >= 0.3 is 0 Å². The fourth-order valence-electron chi connectivity index (χ4n) is 1.86. The van der Waals surface area contributed by atoms with E-state index in [-0.39, 0.29) is 0 Å². The number of aliphatic imine (C=N–C) groups is 1. The first-order chi connectivity index (χ1) is 8.36. The largest absolute Gasteiger partial charge is 0.271 e. The van der Waals surface area contributed by atoms with Gasteiger partial charge in [0.25, 0.3) is 0 Å². The molecule has 0 spiro atoms. The summed E-state index contributed by atoms with van der Waals surface area (Å²) in [6.07, 6.45) is 4.71. The third-order valence-electron chi connectivity index (χ3n) is 2.92. The van der Waals surface area contributed by atoms with Crippen LogP contribution in [0.25, 0.3) is 0 Å². The van der Waals surface area contributed by atoms with Crippen LogP contribution in [0.15, 0.2) is 40.4 Å². The molecule has 0 aromatic heterocycles. The summed E-state index contributed by atoms with van der Waals surface area (Å²) >= 11 is 0. The van der Waals surface area contributed by atoms with Gasteiger partial charge in [0.05, 0.1) is 5.71 Å². The Morgan fingerprint density at radius 2 is 2.00 bits per heavy atom. The van der Waals surface area contributed by atoms with Crippen LogP contribution in [-0.4, -0.2) is 18.1 Å². The van der Waals surface area contributed by atoms with E-state index >= 15 is 0 Å². The van der Waals surface area contributed by atoms with Crippen molar-refractivity contribution < 1.29 is 0 Å². The molecule has 90 valence electrons. The number of hydrogen-bond acceptors (Lipinski definition) is 3. The van der Waals surface area contributed by atoms with Crippen LogP contribution in [0, 0.1) is 0 Å². The first-order valence-corrected chi connectivity index (χ1v) is 6.25. The maximum Gasteiger partial charge on any atom is 0.117 e. The molecule has 0 atom stereocenters. The SMILES string of the molecule is C/C(=N/NC1=NCCCCC1)c1ccccc1.